The van der Waals surface area contributed by atoms with Gasteiger partial charge in [-0.2, -0.15) is 0 Å². The number of hydrogen-bond acceptors (Lipinski definition) is 4. The zero-order valence-electron chi connectivity index (χ0n) is 15.7. The third-order valence-corrected chi connectivity index (χ3v) is 5.59. The lowest BCUT2D eigenvalue weighted by Gasteiger charge is -2.39. The van der Waals surface area contributed by atoms with Crippen molar-refractivity contribution in [3.63, 3.8) is 0 Å². The van der Waals surface area contributed by atoms with Gasteiger partial charge in [0.1, 0.15) is 11.9 Å². The summed E-state index contributed by atoms with van der Waals surface area (Å²) >= 11 is 0. The van der Waals surface area contributed by atoms with Crippen LogP contribution in [0.4, 0.5) is 4.39 Å². The van der Waals surface area contributed by atoms with Gasteiger partial charge in [0.2, 0.25) is 0 Å². The Bertz CT molecular complexity index is 827. The van der Waals surface area contributed by atoms with Gasteiger partial charge in [-0.05, 0) is 48.2 Å². The number of rotatable bonds is 3. The van der Waals surface area contributed by atoms with Crippen molar-refractivity contribution in [1.29, 1.82) is 0 Å². The van der Waals surface area contributed by atoms with Crippen LogP contribution >= 0.6 is 0 Å². The first-order valence-electron chi connectivity index (χ1n) is 9.77. The van der Waals surface area contributed by atoms with Gasteiger partial charge in [-0.25, -0.2) is 4.39 Å². The molecule has 0 radical (unpaired) electrons. The molecule has 0 bridgehead atoms. The highest BCUT2D eigenvalue weighted by Crippen LogP contribution is 2.36. The van der Waals surface area contributed by atoms with Crippen molar-refractivity contribution >= 4 is 5.91 Å². The Labute approximate surface area is 164 Å². The molecule has 5 nitrogen and oxygen atoms in total. The molecule has 2 aliphatic heterocycles. The third kappa shape index (κ3) is 3.81. The minimum absolute atomic E-state index is 0.0177. The summed E-state index contributed by atoms with van der Waals surface area (Å²) in [6, 6.07) is 14.1. The Morgan fingerprint density at radius 3 is 2.79 bits per heavy atom. The van der Waals surface area contributed by atoms with E-state index in [1.165, 1.54) is 17.7 Å². The lowest BCUT2D eigenvalue weighted by atomic mass is 9.87. The van der Waals surface area contributed by atoms with Crippen LogP contribution in [0.5, 0.6) is 0 Å². The van der Waals surface area contributed by atoms with Crippen molar-refractivity contribution in [2.75, 3.05) is 26.3 Å². The van der Waals surface area contributed by atoms with E-state index in [1.807, 2.05) is 23.1 Å². The molecule has 2 aliphatic rings. The number of nitrogens with zero attached hydrogens (tertiary/aromatic N) is 1. The molecule has 0 saturated carbocycles. The molecule has 0 aliphatic carbocycles. The lowest BCUT2D eigenvalue weighted by Crippen LogP contribution is -2.46. The molecule has 1 saturated heterocycles. The number of halogens is 1. The van der Waals surface area contributed by atoms with E-state index in [1.54, 1.807) is 12.1 Å². The van der Waals surface area contributed by atoms with E-state index in [-0.39, 0.29) is 30.4 Å². The molecule has 2 aromatic rings. The number of nitrogens with one attached hydrogen (secondary N) is 1. The molecule has 4 rings (SSSR count). The molecule has 28 heavy (non-hydrogen) atoms. The second-order valence-electron chi connectivity index (χ2n) is 7.38. The maximum Gasteiger partial charge on any atom is 0.252 e. The molecular formula is C22H25FN2O3. The maximum absolute atomic E-state index is 13.5. The number of hydrogen-bond donors (Lipinski definition) is 2. The Balaban J connectivity index is 1.65. The number of ether oxygens (including phenoxy) is 1. The van der Waals surface area contributed by atoms with Gasteiger partial charge < -0.3 is 20.1 Å². The van der Waals surface area contributed by atoms with Gasteiger partial charge >= 0.3 is 0 Å². The van der Waals surface area contributed by atoms with Gasteiger partial charge in [0.05, 0.1) is 25.3 Å². The van der Waals surface area contributed by atoms with E-state index < -0.39 is 6.10 Å². The summed E-state index contributed by atoms with van der Waals surface area (Å²) in [7, 11) is 0. The van der Waals surface area contributed by atoms with Crippen molar-refractivity contribution in [1.82, 2.24) is 10.2 Å². The van der Waals surface area contributed by atoms with E-state index >= 15 is 0 Å². The van der Waals surface area contributed by atoms with Gasteiger partial charge in [0.15, 0.2) is 0 Å². The van der Waals surface area contributed by atoms with E-state index in [2.05, 4.69) is 11.4 Å². The Hall–Kier alpha value is -2.28. The topological polar surface area (TPSA) is 61.8 Å². The van der Waals surface area contributed by atoms with Crippen LogP contribution in [0.3, 0.4) is 0 Å². The van der Waals surface area contributed by atoms with E-state index in [4.69, 9.17) is 4.74 Å². The fourth-order valence-corrected chi connectivity index (χ4v) is 4.10. The zero-order valence-corrected chi connectivity index (χ0v) is 15.7. The molecule has 2 N–H and O–H groups in total. The quantitative estimate of drug-likeness (QED) is 0.850. The lowest BCUT2D eigenvalue weighted by molar-refractivity contribution is -0.146. The van der Waals surface area contributed by atoms with Crippen LogP contribution < -0.4 is 5.32 Å². The molecule has 148 valence electrons. The van der Waals surface area contributed by atoms with Gasteiger partial charge in [-0.15, -0.1) is 0 Å². The molecule has 3 atom stereocenters. The number of aliphatic hydroxyl groups excluding tert-OH is 1. The maximum atomic E-state index is 13.5. The number of benzene rings is 2. The van der Waals surface area contributed by atoms with Crippen molar-refractivity contribution < 1.29 is 19.0 Å². The zero-order chi connectivity index (χ0) is 19.5. The first-order chi connectivity index (χ1) is 13.7. The standard InChI is InChI=1S/C22H25FN2O3/c23-17-7-5-16(6-8-17)21-19-4-2-1-3-15(19)10-12-25(21)22(27)20-9-11-24-18(13-26)14-28-20/h1-8,18,20-21,24,26H,9-14H2/t18-,20-,21-/m0/s1. The molecular weight excluding hydrogens is 359 g/mol. The number of fused-ring (bicyclic) bond motifs is 1. The first kappa shape index (κ1) is 19.1. The smallest absolute Gasteiger partial charge is 0.252 e. The summed E-state index contributed by atoms with van der Waals surface area (Å²) < 4.78 is 19.3. The molecule has 1 fully saturated rings. The molecule has 2 heterocycles. The summed E-state index contributed by atoms with van der Waals surface area (Å²) in [5, 5.41) is 12.5. The van der Waals surface area contributed by atoms with E-state index in [9.17, 15) is 14.3 Å². The first-order valence-corrected chi connectivity index (χ1v) is 9.77. The van der Waals surface area contributed by atoms with Gasteiger partial charge in [0.25, 0.3) is 5.91 Å². The summed E-state index contributed by atoms with van der Waals surface area (Å²) in [5.74, 6) is -0.344. The third-order valence-electron chi connectivity index (χ3n) is 5.59. The van der Waals surface area contributed by atoms with Crippen LogP contribution in [-0.4, -0.2) is 54.4 Å². The second kappa shape index (κ2) is 8.39. The number of amides is 1. The number of aliphatic hydroxyl groups is 1. The van der Waals surface area contributed by atoms with Crippen LogP contribution in [0.25, 0.3) is 0 Å². The minimum atomic E-state index is -0.544. The molecule has 2 aromatic carbocycles. The molecule has 0 unspecified atom stereocenters. The molecule has 0 spiro atoms. The van der Waals surface area contributed by atoms with Crippen molar-refractivity contribution in [3.05, 3.63) is 71.0 Å². The SMILES string of the molecule is O=C([C@@H]1CCN[C@@H](CO)CO1)N1CCc2ccccc2[C@@H]1c1ccc(F)cc1. The normalized spacial score (nSPS) is 25.1. The molecule has 0 aromatic heterocycles. The highest BCUT2D eigenvalue weighted by atomic mass is 19.1. The Kier molecular flexibility index (Phi) is 5.71. The van der Waals surface area contributed by atoms with Crippen LogP contribution in [-0.2, 0) is 16.0 Å². The fourth-order valence-electron chi connectivity index (χ4n) is 4.10. The van der Waals surface area contributed by atoms with Crippen molar-refractivity contribution in [3.8, 4) is 0 Å². The van der Waals surface area contributed by atoms with Gasteiger partial charge in [-0.3, -0.25) is 4.79 Å². The number of carbonyl (C=O) groups excluding carboxylic acids is 1. The minimum Gasteiger partial charge on any atom is -0.395 e. The van der Waals surface area contributed by atoms with E-state index in [0.29, 0.717) is 26.1 Å². The predicted molar refractivity (Wildman–Crippen MR) is 103 cm³/mol. The molecule has 1 amide bonds. The fraction of sp³-hybridized carbons (Fsp3) is 0.409. The highest BCUT2D eigenvalue weighted by Gasteiger charge is 2.36. The predicted octanol–water partition coefficient (Wildman–Crippen LogP) is 2.04. The van der Waals surface area contributed by atoms with Gasteiger partial charge in [-0.1, -0.05) is 36.4 Å². The summed E-state index contributed by atoms with van der Waals surface area (Å²) in [6.07, 6.45) is 0.797. The summed E-state index contributed by atoms with van der Waals surface area (Å²) in [6.45, 7) is 1.50. The monoisotopic (exact) mass is 384 g/mol. The largest absolute Gasteiger partial charge is 0.395 e. The van der Waals surface area contributed by atoms with E-state index in [0.717, 1.165) is 17.5 Å². The van der Waals surface area contributed by atoms with Crippen LogP contribution in [0.1, 0.15) is 29.2 Å². The van der Waals surface area contributed by atoms with Crippen LogP contribution in [0.15, 0.2) is 48.5 Å². The highest BCUT2D eigenvalue weighted by molar-refractivity contribution is 5.82. The van der Waals surface area contributed by atoms with Crippen LogP contribution in [0.2, 0.25) is 0 Å². The van der Waals surface area contributed by atoms with Gasteiger partial charge in [0, 0.05) is 6.54 Å². The Morgan fingerprint density at radius 1 is 1.21 bits per heavy atom. The summed E-state index contributed by atoms with van der Waals surface area (Å²) in [4.78, 5) is 15.3. The summed E-state index contributed by atoms with van der Waals surface area (Å²) in [5.41, 5.74) is 3.18. The number of carbonyl (C=O) groups is 1. The van der Waals surface area contributed by atoms with Crippen molar-refractivity contribution in [2.24, 2.45) is 0 Å². The average Bonchev–Trinajstić information content (AvgIpc) is 2.99. The van der Waals surface area contributed by atoms with Crippen molar-refractivity contribution in [2.45, 2.75) is 31.0 Å². The molecule has 6 heteroatoms. The van der Waals surface area contributed by atoms with Crippen LogP contribution in [0, 0.1) is 5.82 Å². The second-order valence-corrected chi connectivity index (χ2v) is 7.38. The average molecular weight is 384 g/mol. The Morgan fingerprint density at radius 2 is 2.00 bits per heavy atom.